The number of carbonyl (C=O) groups excluding carboxylic acids is 2. The molecule has 0 heterocycles. The van der Waals surface area contributed by atoms with E-state index in [1.165, 1.54) is 12.1 Å². The highest BCUT2D eigenvalue weighted by atomic mass is 32.2. The van der Waals surface area contributed by atoms with Crippen molar-refractivity contribution in [2.75, 3.05) is 18.1 Å². The van der Waals surface area contributed by atoms with Gasteiger partial charge >= 0.3 is 6.36 Å². The average Bonchev–Trinajstić information content (AvgIpc) is 2.84. The number of hydrogen-bond acceptors (Lipinski definition) is 6. The van der Waals surface area contributed by atoms with Crippen molar-refractivity contribution in [1.82, 2.24) is 10.2 Å². The number of carbonyl (C=O) groups is 2. The molecular weight excluding hydrogens is 535 g/mol. The molecular formula is C27H34F3N3O5S. The number of benzene rings is 2. The van der Waals surface area contributed by atoms with Gasteiger partial charge in [-0.05, 0) is 70.3 Å². The van der Waals surface area contributed by atoms with E-state index < -0.39 is 46.2 Å². The summed E-state index contributed by atoms with van der Waals surface area (Å²) < 4.78 is 67.6. The Morgan fingerprint density at radius 2 is 1.74 bits per heavy atom. The molecule has 2 aromatic carbocycles. The molecule has 0 spiro atoms. The first-order chi connectivity index (χ1) is 18.2. The van der Waals surface area contributed by atoms with Gasteiger partial charge < -0.3 is 20.3 Å². The van der Waals surface area contributed by atoms with Crippen LogP contribution in [0, 0.1) is 5.92 Å². The Morgan fingerprint density at radius 3 is 2.38 bits per heavy atom. The van der Waals surface area contributed by atoms with Gasteiger partial charge in [0.15, 0.2) is 9.84 Å². The zero-order valence-electron chi connectivity index (χ0n) is 22.1. The summed E-state index contributed by atoms with van der Waals surface area (Å²) in [5, 5.41) is 5.23. The van der Waals surface area contributed by atoms with Crippen LogP contribution in [0.15, 0.2) is 59.5 Å². The lowest BCUT2D eigenvalue weighted by molar-refractivity contribution is -0.274. The number of rotatable bonds is 10. The maximum absolute atomic E-state index is 13.2. The van der Waals surface area contributed by atoms with E-state index in [0.29, 0.717) is 12.8 Å². The number of hydrogen-bond donors (Lipinski definition) is 2. The summed E-state index contributed by atoms with van der Waals surface area (Å²) >= 11 is 0. The van der Waals surface area contributed by atoms with Gasteiger partial charge in [0.1, 0.15) is 12.2 Å². The van der Waals surface area contributed by atoms with Crippen LogP contribution in [0.3, 0.4) is 0 Å². The van der Waals surface area contributed by atoms with Gasteiger partial charge in [0.25, 0.3) is 0 Å². The molecule has 1 aliphatic rings. The molecule has 2 N–H and O–H groups in total. The molecule has 12 heteroatoms. The van der Waals surface area contributed by atoms with Crippen LogP contribution in [0.5, 0.6) is 5.75 Å². The Hall–Kier alpha value is -3.12. The summed E-state index contributed by atoms with van der Waals surface area (Å²) in [5.41, 5.74) is 0.0404. The highest BCUT2D eigenvalue weighted by molar-refractivity contribution is 7.91. The van der Waals surface area contributed by atoms with Crippen LogP contribution in [0.4, 0.5) is 18.9 Å². The predicted octanol–water partition coefficient (Wildman–Crippen LogP) is 4.38. The van der Waals surface area contributed by atoms with E-state index in [2.05, 4.69) is 34.1 Å². The van der Waals surface area contributed by atoms with E-state index in [-0.39, 0.29) is 34.3 Å². The number of alkyl halides is 3. The molecule has 3 rings (SSSR count). The second kappa shape index (κ2) is 12.8. The molecule has 1 saturated carbocycles. The minimum atomic E-state index is -4.88. The van der Waals surface area contributed by atoms with Crippen molar-refractivity contribution in [1.29, 1.82) is 0 Å². The predicted molar refractivity (Wildman–Crippen MR) is 141 cm³/mol. The van der Waals surface area contributed by atoms with Gasteiger partial charge in [-0.25, -0.2) is 8.42 Å². The van der Waals surface area contributed by atoms with E-state index in [4.69, 9.17) is 0 Å². The van der Waals surface area contributed by atoms with Gasteiger partial charge in [0.2, 0.25) is 11.8 Å². The van der Waals surface area contributed by atoms with Crippen LogP contribution in [0.1, 0.15) is 39.5 Å². The van der Waals surface area contributed by atoms with Crippen molar-refractivity contribution in [2.45, 2.75) is 68.9 Å². The Balaban J connectivity index is 1.66. The third-order valence-electron chi connectivity index (χ3n) is 6.90. The second-order valence-corrected chi connectivity index (χ2v) is 12.1. The number of nitrogens with zero attached hydrogens (tertiary/aromatic N) is 1. The van der Waals surface area contributed by atoms with Gasteiger partial charge in [-0.3, -0.25) is 9.59 Å². The Labute approximate surface area is 226 Å². The number of nitrogens with one attached hydrogen (secondary N) is 2. The monoisotopic (exact) mass is 569 g/mol. The lowest BCUT2D eigenvalue weighted by Gasteiger charge is -2.41. The van der Waals surface area contributed by atoms with Crippen LogP contribution >= 0.6 is 0 Å². The van der Waals surface area contributed by atoms with E-state index in [9.17, 15) is 31.2 Å². The van der Waals surface area contributed by atoms with Crippen molar-refractivity contribution in [3.8, 4) is 5.75 Å². The second-order valence-electron chi connectivity index (χ2n) is 10.1. The molecule has 0 aromatic heterocycles. The van der Waals surface area contributed by atoms with E-state index in [1.54, 1.807) is 30.3 Å². The first kappa shape index (κ1) is 30.4. The fourth-order valence-electron chi connectivity index (χ4n) is 4.79. The number of sulfone groups is 1. The molecule has 39 heavy (non-hydrogen) atoms. The maximum Gasteiger partial charge on any atom is 0.573 e. The number of anilines is 1. The Bertz CT molecular complexity index is 1240. The van der Waals surface area contributed by atoms with Crippen molar-refractivity contribution in [3.63, 3.8) is 0 Å². The van der Waals surface area contributed by atoms with Crippen molar-refractivity contribution in [3.05, 3.63) is 54.6 Å². The summed E-state index contributed by atoms with van der Waals surface area (Å²) in [4.78, 5) is 27.6. The van der Waals surface area contributed by atoms with Crippen molar-refractivity contribution >= 4 is 27.3 Å². The number of amides is 2. The minimum absolute atomic E-state index is 0.0404. The Kier molecular flexibility index (Phi) is 10.0. The maximum atomic E-state index is 13.2. The minimum Gasteiger partial charge on any atom is -0.406 e. The summed E-state index contributed by atoms with van der Waals surface area (Å²) in [5.74, 6) is -2.35. The third-order valence-corrected chi connectivity index (χ3v) is 8.76. The normalized spacial score (nSPS) is 20.1. The summed E-state index contributed by atoms with van der Waals surface area (Å²) in [6.45, 7) is 4.13. The summed E-state index contributed by atoms with van der Waals surface area (Å²) in [6.07, 6.45) is -3.60. The van der Waals surface area contributed by atoms with Crippen LogP contribution in [-0.4, -0.2) is 62.4 Å². The summed E-state index contributed by atoms with van der Waals surface area (Å²) in [7, 11) is -1.62. The summed E-state index contributed by atoms with van der Waals surface area (Å²) in [6, 6.07) is 12.8. The molecule has 2 amide bonds. The highest BCUT2D eigenvalue weighted by Gasteiger charge is 2.37. The van der Waals surface area contributed by atoms with Gasteiger partial charge in [-0.2, -0.15) is 0 Å². The quantitative estimate of drug-likeness (QED) is 0.412. The zero-order chi connectivity index (χ0) is 28.8. The Morgan fingerprint density at radius 1 is 1.05 bits per heavy atom. The van der Waals surface area contributed by atoms with E-state index in [0.717, 1.165) is 18.6 Å². The average molecular weight is 570 g/mol. The largest absolute Gasteiger partial charge is 0.573 e. The smallest absolute Gasteiger partial charge is 0.406 e. The molecule has 3 atom stereocenters. The molecule has 0 radical (unpaired) electrons. The SMILES string of the molecule is CC(C)N(C)[C@H]1CC[C@H](NC(=O)CC(=O)Nc2cccc(OC(F)(F)F)c2)[C@@H](CS(=O)(=O)c2ccccc2)C1. The van der Waals surface area contributed by atoms with Crippen LogP contribution < -0.4 is 15.4 Å². The molecule has 8 nitrogen and oxygen atoms in total. The topological polar surface area (TPSA) is 105 Å². The van der Waals surface area contributed by atoms with Crippen LogP contribution in [0.2, 0.25) is 0 Å². The fourth-order valence-corrected chi connectivity index (χ4v) is 6.49. The molecule has 0 aliphatic heterocycles. The number of halogens is 3. The van der Waals surface area contributed by atoms with Crippen LogP contribution in [0.25, 0.3) is 0 Å². The first-order valence-electron chi connectivity index (χ1n) is 12.7. The molecule has 0 saturated heterocycles. The van der Waals surface area contributed by atoms with Gasteiger partial charge in [-0.1, -0.05) is 24.3 Å². The van der Waals surface area contributed by atoms with Crippen molar-refractivity contribution < 1.29 is 35.9 Å². The van der Waals surface area contributed by atoms with E-state index >= 15 is 0 Å². The number of ether oxygens (including phenoxy) is 1. The third kappa shape index (κ3) is 9.24. The van der Waals surface area contributed by atoms with Gasteiger partial charge in [0.05, 0.1) is 10.6 Å². The van der Waals surface area contributed by atoms with Gasteiger partial charge in [-0.15, -0.1) is 13.2 Å². The van der Waals surface area contributed by atoms with Gasteiger partial charge in [0, 0.05) is 29.9 Å². The van der Waals surface area contributed by atoms with E-state index in [1.807, 2.05) is 7.05 Å². The molecule has 214 valence electrons. The molecule has 0 unspecified atom stereocenters. The van der Waals surface area contributed by atoms with Crippen molar-refractivity contribution in [2.24, 2.45) is 5.92 Å². The molecule has 2 aromatic rings. The molecule has 1 aliphatic carbocycles. The fraction of sp³-hybridized carbons (Fsp3) is 0.481. The lowest BCUT2D eigenvalue weighted by Crippen LogP contribution is -2.51. The zero-order valence-corrected chi connectivity index (χ0v) is 22.9. The van der Waals surface area contributed by atoms with Crippen LogP contribution in [-0.2, 0) is 19.4 Å². The highest BCUT2D eigenvalue weighted by Crippen LogP contribution is 2.31. The molecule has 0 bridgehead atoms. The first-order valence-corrected chi connectivity index (χ1v) is 14.3. The molecule has 1 fully saturated rings. The standard InChI is InChI=1S/C27H34F3N3O5S/c1-18(2)33(3)21-12-13-24(19(14-21)17-39(36,37)23-10-5-4-6-11-23)32-26(35)16-25(34)31-20-8-7-9-22(15-20)38-27(28,29)30/h4-11,15,18-19,21,24H,12-14,16-17H2,1-3H3,(H,31,34)(H,32,35)/t19-,21+,24+/m1/s1. The lowest BCUT2D eigenvalue weighted by atomic mass is 9.81.